The van der Waals surface area contributed by atoms with Crippen LogP contribution in [0.15, 0.2) is 6.20 Å². The summed E-state index contributed by atoms with van der Waals surface area (Å²) < 4.78 is 0. The van der Waals surface area contributed by atoms with Crippen LogP contribution in [0.2, 0.25) is 0 Å². The number of rotatable bonds is 2. The SMILES string of the molecule is Cc1c[nH]c(C23CC4CC(CC(C4)C2)C3)c1C(=O)O. The largest absolute Gasteiger partial charge is 0.478 e. The fraction of sp³-hybridized carbons (Fsp3) is 0.688. The Hall–Kier alpha value is -1.25. The van der Waals surface area contributed by atoms with Gasteiger partial charge in [-0.15, -0.1) is 0 Å². The molecule has 4 bridgehead atoms. The van der Waals surface area contributed by atoms with Crippen LogP contribution >= 0.6 is 0 Å². The van der Waals surface area contributed by atoms with Crippen molar-refractivity contribution in [3.8, 4) is 0 Å². The number of aromatic carboxylic acids is 1. The van der Waals surface area contributed by atoms with Gasteiger partial charge in [-0.25, -0.2) is 4.79 Å². The monoisotopic (exact) mass is 259 g/mol. The Balaban J connectivity index is 1.82. The molecule has 0 unspecified atom stereocenters. The zero-order valence-corrected chi connectivity index (χ0v) is 11.4. The molecule has 0 radical (unpaired) electrons. The van der Waals surface area contributed by atoms with Gasteiger partial charge in [0.15, 0.2) is 0 Å². The molecule has 1 aromatic heterocycles. The van der Waals surface area contributed by atoms with Crippen LogP contribution in [-0.4, -0.2) is 16.1 Å². The van der Waals surface area contributed by atoms with E-state index in [-0.39, 0.29) is 5.41 Å². The minimum absolute atomic E-state index is 0.150. The lowest BCUT2D eigenvalue weighted by Gasteiger charge is -2.56. The normalized spacial score (nSPS) is 39.7. The van der Waals surface area contributed by atoms with Crippen LogP contribution in [0.5, 0.6) is 0 Å². The lowest BCUT2D eigenvalue weighted by molar-refractivity contribution is -0.00761. The van der Waals surface area contributed by atoms with Crippen LogP contribution in [0.3, 0.4) is 0 Å². The van der Waals surface area contributed by atoms with Gasteiger partial charge in [0.25, 0.3) is 0 Å². The van der Waals surface area contributed by atoms with Crippen molar-refractivity contribution in [2.45, 2.75) is 50.9 Å². The molecule has 1 heterocycles. The van der Waals surface area contributed by atoms with Gasteiger partial charge in [0, 0.05) is 17.3 Å². The summed E-state index contributed by atoms with van der Waals surface area (Å²) in [4.78, 5) is 14.9. The second-order valence-corrected chi connectivity index (χ2v) is 7.22. The number of hydrogen-bond donors (Lipinski definition) is 2. The van der Waals surface area contributed by atoms with E-state index in [1.165, 1.54) is 38.5 Å². The topological polar surface area (TPSA) is 53.1 Å². The minimum Gasteiger partial charge on any atom is -0.478 e. The first-order valence-electron chi connectivity index (χ1n) is 7.49. The summed E-state index contributed by atoms with van der Waals surface area (Å²) in [5, 5.41) is 9.52. The second-order valence-electron chi connectivity index (χ2n) is 7.22. The van der Waals surface area contributed by atoms with Crippen molar-refractivity contribution in [2.75, 3.05) is 0 Å². The van der Waals surface area contributed by atoms with Gasteiger partial charge < -0.3 is 10.1 Å². The van der Waals surface area contributed by atoms with Gasteiger partial charge in [-0.05, 0) is 68.8 Å². The quantitative estimate of drug-likeness (QED) is 0.854. The molecule has 4 aliphatic carbocycles. The summed E-state index contributed by atoms with van der Waals surface area (Å²) in [5.41, 5.74) is 2.63. The number of aryl methyl sites for hydroxylation is 1. The smallest absolute Gasteiger partial charge is 0.337 e. The maximum atomic E-state index is 11.6. The highest BCUT2D eigenvalue weighted by Gasteiger charge is 2.53. The third-order valence-electron chi connectivity index (χ3n) is 5.86. The van der Waals surface area contributed by atoms with Gasteiger partial charge in [-0.3, -0.25) is 0 Å². The van der Waals surface area contributed by atoms with Crippen LogP contribution in [0, 0.1) is 24.7 Å². The van der Waals surface area contributed by atoms with E-state index in [1.54, 1.807) is 0 Å². The Morgan fingerprint density at radius 1 is 1.21 bits per heavy atom. The molecular formula is C16H21NO2. The summed E-state index contributed by atoms with van der Waals surface area (Å²) in [6.45, 7) is 1.91. The van der Waals surface area contributed by atoms with Gasteiger partial charge in [0.1, 0.15) is 0 Å². The van der Waals surface area contributed by atoms with E-state index in [2.05, 4.69) is 4.98 Å². The Morgan fingerprint density at radius 2 is 1.74 bits per heavy atom. The van der Waals surface area contributed by atoms with Crippen LogP contribution in [-0.2, 0) is 5.41 Å². The third kappa shape index (κ3) is 1.53. The van der Waals surface area contributed by atoms with E-state index in [4.69, 9.17) is 0 Å². The molecule has 4 fully saturated rings. The molecule has 0 aliphatic heterocycles. The highest BCUT2D eigenvalue weighted by atomic mass is 16.4. The van der Waals surface area contributed by atoms with Gasteiger partial charge >= 0.3 is 5.97 Å². The van der Waals surface area contributed by atoms with Crippen molar-refractivity contribution in [1.29, 1.82) is 0 Å². The molecule has 0 aromatic carbocycles. The minimum atomic E-state index is -0.760. The van der Waals surface area contributed by atoms with E-state index < -0.39 is 5.97 Å². The van der Waals surface area contributed by atoms with Gasteiger partial charge in [-0.2, -0.15) is 0 Å². The number of carboxylic acid groups (broad SMARTS) is 1. The average Bonchev–Trinajstić information content (AvgIpc) is 2.70. The van der Waals surface area contributed by atoms with Crippen molar-refractivity contribution in [1.82, 2.24) is 4.98 Å². The number of nitrogens with one attached hydrogen (secondary N) is 1. The fourth-order valence-corrected chi connectivity index (χ4v) is 5.63. The molecule has 0 spiro atoms. The molecular weight excluding hydrogens is 238 g/mol. The molecule has 19 heavy (non-hydrogen) atoms. The lowest BCUT2D eigenvalue weighted by atomic mass is 9.48. The summed E-state index contributed by atoms with van der Waals surface area (Å²) >= 11 is 0. The third-order valence-corrected chi connectivity index (χ3v) is 5.86. The van der Waals surface area contributed by atoms with Crippen LogP contribution in [0.25, 0.3) is 0 Å². The summed E-state index contributed by atoms with van der Waals surface area (Å²) in [6.07, 6.45) is 9.68. The highest BCUT2D eigenvalue weighted by Crippen LogP contribution is 2.61. The molecule has 3 heteroatoms. The summed E-state index contributed by atoms with van der Waals surface area (Å²) in [5.74, 6) is 1.77. The zero-order chi connectivity index (χ0) is 13.2. The van der Waals surface area contributed by atoms with Crippen molar-refractivity contribution in [3.05, 3.63) is 23.0 Å². The Morgan fingerprint density at radius 3 is 2.21 bits per heavy atom. The fourth-order valence-electron chi connectivity index (χ4n) is 5.63. The second kappa shape index (κ2) is 3.65. The molecule has 5 rings (SSSR count). The van der Waals surface area contributed by atoms with E-state index in [9.17, 15) is 9.90 Å². The number of carboxylic acids is 1. The first-order valence-corrected chi connectivity index (χ1v) is 7.49. The first kappa shape index (κ1) is 11.6. The van der Waals surface area contributed by atoms with Crippen molar-refractivity contribution >= 4 is 5.97 Å². The predicted octanol–water partition coefficient (Wildman–Crippen LogP) is 3.49. The van der Waals surface area contributed by atoms with Crippen molar-refractivity contribution < 1.29 is 9.90 Å². The highest BCUT2D eigenvalue weighted by molar-refractivity contribution is 5.91. The predicted molar refractivity (Wildman–Crippen MR) is 72.3 cm³/mol. The van der Waals surface area contributed by atoms with E-state index in [0.29, 0.717) is 5.56 Å². The molecule has 1 aromatic rings. The van der Waals surface area contributed by atoms with Crippen LogP contribution in [0.4, 0.5) is 0 Å². The average molecular weight is 259 g/mol. The Kier molecular flexibility index (Phi) is 2.22. The first-order chi connectivity index (χ1) is 9.07. The maximum absolute atomic E-state index is 11.6. The van der Waals surface area contributed by atoms with Crippen LogP contribution < -0.4 is 0 Å². The zero-order valence-electron chi connectivity index (χ0n) is 11.4. The van der Waals surface area contributed by atoms with Crippen molar-refractivity contribution in [2.24, 2.45) is 17.8 Å². The molecule has 4 aliphatic rings. The summed E-state index contributed by atoms with van der Waals surface area (Å²) in [7, 11) is 0. The molecule has 2 N–H and O–H groups in total. The summed E-state index contributed by atoms with van der Waals surface area (Å²) in [6, 6.07) is 0. The molecule has 0 amide bonds. The lowest BCUT2D eigenvalue weighted by Crippen LogP contribution is -2.49. The van der Waals surface area contributed by atoms with Gasteiger partial charge in [-0.1, -0.05) is 0 Å². The number of H-pyrrole nitrogens is 1. The van der Waals surface area contributed by atoms with Crippen LogP contribution in [0.1, 0.15) is 60.1 Å². The maximum Gasteiger partial charge on any atom is 0.337 e. The Bertz CT molecular complexity index is 508. The standard InChI is InChI=1S/C16H21NO2/c1-9-8-17-14(13(9)15(18)19)16-5-10-2-11(6-16)4-12(3-10)7-16/h8,10-12,17H,2-7H2,1H3,(H,18,19). The van der Waals surface area contributed by atoms with E-state index in [1.807, 2.05) is 13.1 Å². The van der Waals surface area contributed by atoms with Gasteiger partial charge in [0.2, 0.25) is 0 Å². The Labute approximate surface area is 113 Å². The molecule has 3 nitrogen and oxygen atoms in total. The number of carbonyl (C=O) groups is 1. The number of aromatic amines is 1. The molecule has 4 saturated carbocycles. The molecule has 102 valence electrons. The van der Waals surface area contributed by atoms with Crippen molar-refractivity contribution in [3.63, 3.8) is 0 Å². The van der Waals surface area contributed by atoms with E-state index >= 15 is 0 Å². The molecule has 0 atom stereocenters. The molecule has 0 saturated heterocycles. The van der Waals surface area contributed by atoms with E-state index in [0.717, 1.165) is 29.0 Å². The number of aromatic nitrogens is 1. The number of hydrogen-bond acceptors (Lipinski definition) is 1. The van der Waals surface area contributed by atoms with Gasteiger partial charge in [0.05, 0.1) is 5.56 Å².